The molecule has 0 radical (unpaired) electrons. The fraction of sp³-hybridized carbons (Fsp3) is 0.250. The van der Waals surface area contributed by atoms with Crippen LogP contribution in [0.15, 0.2) is 45.3 Å². The number of nitrogens with one attached hydrogen (secondary N) is 1. The fourth-order valence-electron chi connectivity index (χ4n) is 1.84. The van der Waals surface area contributed by atoms with Gasteiger partial charge in [-0.2, -0.15) is 0 Å². The van der Waals surface area contributed by atoms with Crippen molar-refractivity contribution in [2.45, 2.75) is 13.5 Å². The van der Waals surface area contributed by atoms with Crippen molar-refractivity contribution >= 4 is 31.9 Å². The highest BCUT2D eigenvalue weighted by atomic mass is 79.9. The second-order valence-corrected chi connectivity index (χ2v) is 6.20. The summed E-state index contributed by atoms with van der Waals surface area (Å²) >= 11 is 7.00. The van der Waals surface area contributed by atoms with Crippen LogP contribution in [0.5, 0.6) is 17.2 Å². The molecule has 0 spiro atoms. The Morgan fingerprint density at radius 3 is 2.52 bits per heavy atom. The number of methoxy groups -OCH3 is 1. The van der Waals surface area contributed by atoms with Crippen molar-refractivity contribution in [1.29, 1.82) is 0 Å². The van der Waals surface area contributed by atoms with Gasteiger partial charge in [-0.15, -0.1) is 0 Å². The van der Waals surface area contributed by atoms with Gasteiger partial charge >= 0.3 is 0 Å². The molecule has 0 heterocycles. The zero-order valence-electron chi connectivity index (χ0n) is 12.0. The molecule has 1 N–H and O–H groups in total. The van der Waals surface area contributed by atoms with E-state index in [0.717, 1.165) is 44.8 Å². The van der Waals surface area contributed by atoms with Crippen molar-refractivity contribution in [3.63, 3.8) is 0 Å². The Hall–Kier alpha value is -1.04. The quantitative estimate of drug-likeness (QED) is 0.711. The minimum atomic E-state index is 0.756. The topological polar surface area (TPSA) is 30.5 Å². The molecular weight excluding hydrogens is 398 g/mol. The van der Waals surface area contributed by atoms with E-state index in [9.17, 15) is 0 Å². The molecule has 5 heteroatoms. The Morgan fingerprint density at radius 2 is 1.86 bits per heavy atom. The van der Waals surface area contributed by atoms with Crippen molar-refractivity contribution in [3.8, 4) is 17.2 Å². The van der Waals surface area contributed by atoms with Gasteiger partial charge in [0.25, 0.3) is 0 Å². The summed E-state index contributed by atoms with van der Waals surface area (Å²) in [4.78, 5) is 0. The van der Waals surface area contributed by atoms with Gasteiger partial charge in [0.05, 0.1) is 11.6 Å². The van der Waals surface area contributed by atoms with E-state index >= 15 is 0 Å². The number of benzene rings is 2. The molecule has 0 aliphatic rings. The molecular formula is C16H17Br2NO2. The Balaban J connectivity index is 2.27. The lowest BCUT2D eigenvalue weighted by Crippen LogP contribution is -2.12. The molecule has 0 saturated carbocycles. The van der Waals surface area contributed by atoms with Gasteiger partial charge in [-0.3, -0.25) is 0 Å². The first-order chi connectivity index (χ1) is 10.1. The molecule has 0 saturated heterocycles. The summed E-state index contributed by atoms with van der Waals surface area (Å²) in [5, 5.41) is 3.32. The highest BCUT2D eigenvalue weighted by Crippen LogP contribution is 2.35. The minimum Gasteiger partial charge on any atom is -0.497 e. The minimum absolute atomic E-state index is 0.756. The van der Waals surface area contributed by atoms with Crippen molar-refractivity contribution in [2.75, 3.05) is 13.7 Å². The van der Waals surface area contributed by atoms with Crippen molar-refractivity contribution in [1.82, 2.24) is 5.32 Å². The maximum Gasteiger partial charge on any atom is 0.141 e. The molecule has 21 heavy (non-hydrogen) atoms. The van der Waals surface area contributed by atoms with Gasteiger partial charge in [-0.1, -0.05) is 28.9 Å². The average molecular weight is 415 g/mol. The van der Waals surface area contributed by atoms with Crippen LogP contribution in [0.3, 0.4) is 0 Å². The third-order valence-electron chi connectivity index (χ3n) is 2.95. The maximum atomic E-state index is 6.05. The predicted molar refractivity (Wildman–Crippen MR) is 92.3 cm³/mol. The summed E-state index contributed by atoms with van der Waals surface area (Å²) in [6.07, 6.45) is 0. The van der Waals surface area contributed by atoms with Gasteiger partial charge in [0.1, 0.15) is 17.2 Å². The highest BCUT2D eigenvalue weighted by molar-refractivity contribution is 9.10. The smallest absolute Gasteiger partial charge is 0.141 e. The van der Waals surface area contributed by atoms with E-state index < -0.39 is 0 Å². The van der Waals surface area contributed by atoms with Crippen LogP contribution in [0.25, 0.3) is 0 Å². The van der Waals surface area contributed by atoms with Crippen LogP contribution in [0.2, 0.25) is 0 Å². The molecule has 2 aromatic carbocycles. The molecule has 112 valence electrons. The zero-order chi connectivity index (χ0) is 15.2. The first-order valence-corrected chi connectivity index (χ1v) is 8.23. The molecule has 0 amide bonds. The number of hydrogen-bond acceptors (Lipinski definition) is 3. The molecule has 0 unspecified atom stereocenters. The lowest BCUT2D eigenvalue weighted by molar-refractivity contribution is 0.412. The summed E-state index contributed by atoms with van der Waals surface area (Å²) < 4.78 is 13.1. The molecule has 0 aliphatic heterocycles. The van der Waals surface area contributed by atoms with Gasteiger partial charge in [0.2, 0.25) is 0 Å². The van der Waals surface area contributed by atoms with Gasteiger partial charge in [0.15, 0.2) is 0 Å². The van der Waals surface area contributed by atoms with E-state index in [1.807, 2.05) is 30.3 Å². The lowest BCUT2D eigenvalue weighted by atomic mass is 10.2. The van der Waals surface area contributed by atoms with Crippen LogP contribution >= 0.6 is 31.9 Å². The maximum absolute atomic E-state index is 6.05. The molecule has 2 aromatic rings. The van der Waals surface area contributed by atoms with Gasteiger partial charge in [-0.25, -0.2) is 0 Å². The normalized spacial score (nSPS) is 10.5. The summed E-state index contributed by atoms with van der Waals surface area (Å²) in [6.45, 7) is 3.77. The van der Waals surface area contributed by atoms with Crippen LogP contribution in [0.4, 0.5) is 0 Å². The van der Waals surface area contributed by atoms with Gasteiger partial charge < -0.3 is 14.8 Å². The summed E-state index contributed by atoms with van der Waals surface area (Å²) in [7, 11) is 1.64. The second kappa shape index (κ2) is 7.82. The standard InChI is InChI=1S/C16H17Br2NO2/c1-3-19-10-11-4-5-12(17)8-16(11)21-15-7-6-13(20-2)9-14(15)18/h4-9,19H,3,10H2,1-2H3. The Bertz CT molecular complexity index is 617. The number of hydrogen-bond donors (Lipinski definition) is 1. The summed E-state index contributed by atoms with van der Waals surface area (Å²) in [6, 6.07) is 11.7. The number of halogens is 2. The highest BCUT2D eigenvalue weighted by Gasteiger charge is 2.09. The Morgan fingerprint density at radius 1 is 1.05 bits per heavy atom. The molecule has 0 atom stereocenters. The van der Waals surface area contributed by atoms with Crippen LogP contribution in [-0.4, -0.2) is 13.7 Å². The Labute approximate surface area is 141 Å². The van der Waals surface area contributed by atoms with Gasteiger partial charge in [0, 0.05) is 16.6 Å². The predicted octanol–water partition coefficient (Wildman–Crippen LogP) is 5.12. The van der Waals surface area contributed by atoms with Crippen LogP contribution in [0.1, 0.15) is 12.5 Å². The molecule has 2 rings (SSSR count). The monoisotopic (exact) mass is 413 g/mol. The number of rotatable bonds is 6. The van der Waals surface area contributed by atoms with Crippen molar-refractivity contribution in [2.24, 2.45) is 0 Å². The molecule has 0 bridgehead atoms. The first kappa shape index (κ1) is 16.3. The van der Waals surface area contributed by atoms with E-state index in [1.54, 1.807) is 7.11 Å². The molecule has 0 aromatic heterocycles. The molecule has 0 aliphatic carbocycles. The van der Waals surface area contributed by atoms with Gasteiger partial charge in [-0.05, 0) is 52.8 Å². The second-order valence-electron chi connectivity index (χ2n) is 4.43. The van der Waals surface area contributed by atoms with E-state index in [2.05, 4.69) is 50.2 Å². The average Bonchev–Trinajstić information content (AvgIpc) is 2.48. The third-order valence-corrected chi connectivity index (χ3v) is 4.07. The molecule has 0 fully saturated rings. The Kier molecular flexibility index (Phi) is 6.08. The van der Waals surface area contributed by atoms with Crippen LogP contribution in [0, 0.1) is 0 Å². The fourth-order valence-corrected chi connectivity index (χ4v) is 2.62. The van der Waals surface area contributed by atoms with E-state index in [1.165, 1.54) is 0 Å². The van der Waals surface area contributed by atoms with E-state index in [0.29, 0.717) is 0 Å². The van der Waals surface area contributed by atoms with Crippen LogP contribution in [-0.2, 0) is 6.54 Å². The largest absolute Gasteiger partial charge is 0.497 e. The SMILES string of the molecule is CCNCc1ccc(Br)cc1Oc1ccc(OC)cc1Br. The summed E-state index contributed by atoms with van der Waals surface area (Å²) in [5.74, 6) is 2.37. The first-order valence-electron chi connectivity index (χ1n) is 6.64. The third kappa shape index (κ3) is 4.46. The van der Waals surface area contributed by atoms with E-state index in [4.69, 9.17) is 9.47 Å². The van der Waals surface area contributed by atoms with Crippen molar-refractivity contribution < 1.29 is 9.47 Å². The molecule has 3 nitrogen and oxygen atoms in total. The lowest BCUT2D eigenvalue weighted by Gasteiger charge is -2.14. The van der Waals surface area contributed by atoms with Crippen LogP contribution < -0.4 is 14.8 Å². The van der Waals surface area contributed by atoms with E-state index in [-0.39, 0.29) is 0 Å². The number of ether oxygens (including phenoxy) is 2. The summed E-state index contributed by atoms with van der Waals surface area (Å²) in [5.41, 5.74) is 1.11. The van der Waals surface area contributed by atoms with Crippen molar-refractivity contribution in [3.05, 3.63) is 50.9 Å². The zero-order valence-corrected chi connectivity index (χ0v) is 15.1.